The molecule has 0 aliphatic carbocycles. The van der Waals surface area contributed by atoms with Crippen molar-refractivity contribution in [3.63, 3.8) is 0 Å². The van der Waals surface area contributed by atoms with Crippen molar-refractivity contribution in [1.29, 1.82) is 0 Å². The van der Waals surface area contributed by atoms with E-state index < -0.39 is 20.0 Å². The van der Waals surface area contributed by atoms with Crippen molar-refractivity contribution in [3.8, 4) is 17.2 Å². The van der Waals surface area contributed by atoms with Crippen LogP contribution in [0.25, 0.3) is 0 Å². The molecule has 0 radical (unpaired) electrons. The number of sulfonamides is 2. The van der Waals surface area contributed by atoms with Crippen LogP contribution in [-0.2, 0) is 59.3 Å². The van der Waals surface area contributed by atoms with Crippen LogP contribution in [0.1, 0.15) is 73.9 Å². The highest BCUT2D eigenvalue weighted by molar-refractivity contribution is 7.89. The number of nitrogens with zero attached hydrogens (tertiary/aromatic N) is 2. The van der Waals surface area contributed by atoms with E-state index in [-0.39, 0.29) is 49.5 Å². The largest absolute Gasteiger partial charge is 0.497 e. The van der Waals surface area contributed by atoms with Crippen molar-refractivity contribution >= 4 is 20.0 Å². The van der Waals surface area contributed by atoms with Gasteiger partial charge in [0, 0.05) is 39.3 Å². The van der Waals surface area contributed by atoms with E-state index >= 15 is 0 Å². The lowest BCUT2D eigenvalue weighted by Gasteiger charge is -2.26. The lowest BCUT2D eigenvalue weighted by Crippen LogP contribution is -2.33. The predicted molar refractivity (Wildman–Crippen MR) is 195 cm³/mol. The van der Waals surface area contributed by atoms with E-state index in [1.165, 1.54) is 8.61 Å². The molecule has 12 heteroatoms. The monoisotopic (exact) mass is 715 g/mol. The van der Waals surface area contributed by atoms with Crippen molar-refractivity contribution in [2.75, 3.05) is 32.8 Å². The van der Waals surface area contributed by atoms with Gasteiger partial charge in [-0.15, -0.1) is 0 Å². The van der Waals surface area contributed by atoms with Crippen LogP contribution in [0.15, 0.2) is 54.6 Å². The highest BCUT2D eigenvalue weighted by Crippen LogP contribution is 2.27. The number of rotatable bonds is 11. The Morgan fingerprint density at radius 1 is 0.531 bits per heavy atom. The standard InChI is InChI=1S/C37H53N3O7S2/c1-27(2)8-10-48(41,42)39-23-31-12-29(15-35(17-31)45-5)21-38-22-30-13-32(18-36(16-30)46-6)24-40(49(43,44)11-9-28(3)4)26-34-14-33(25-39)19-37(20-34)47-7/h12-20,27-28,38H,8-11,21-26H2,1-7H3. The Bertz CT molecular complexity index is 1650. The summed E-state index contributed by atoms with van der Waals surface area (Å²) < 4.78 is 75.6. The number of fused-ring (bicyclic) bond motifs is 6. The third kappa shape index (κ3) is 11.4. The second kappa shape index (κ2) is 17.2. The SMILES string of the molecule is COc1cc2cc(c1)CN(S(=O)(=O)CCC(C)C)Cc1cc(cc(OC)c1)CN(S(=O)(=O)CCC(C)C)Cc1cc(cc(OC)c1)CNC2. The molecule has 3 aromatic rings. The van der Waals surface area contributed by atoms with E-state index in [4.69, 9.17) is 14.2 Å². The van der Waals surface area contributed by atoms with E-state index in [0.717, 1.165) is 22.3 Å². The minimum atomic E-state index is -3.68. The summed E-state index contributed by atoms with van der Waals surface area (Å²) in [6.07, 6.45) is 1.06. The van der Waals surface area contributed by atoms with Gasteiger partial charge in [0.25, 0.3) is 0 Å². The second-order valence-corrected chi connectivity index (χ2v) is 17.9. The van der Waals surface area contributed by atoms with Crippen LogP contribution in [-0.4, -0.2) is 58.3 Å². The van der Waals surface area contributed by atoms with Gasteiger partial charge in [-0.2, -0.15) is 8.61 Å². The van der Waals surface area contributed by atoms with Crippen LogP contribution in [0.3, 0.4) is 0 Å². The average molecular weight is 716 g/mol. The molecule has 1 aliphatic rings. The van der Waals surface area contributed by atoms with Crippen molar-refractivity contribution < 1.29 is 31.0 Å². The van der Waals surface area contributed by atoms with Gasteiger partial charge in [0.2, 0.25) is 20.0 Å². The normalized spacial score (nSPS) is 15.5. The molecule has 0 unspecified atom stereocenters. The van der Waals surface area contributed by atoms with Gasteiger partial charge >= 0.3 is 0 Å². The molecule has 0 saturated heterocycles. The average Bonchev–Trinajstić information content (AvgIpc) is 3.05. The zero-order chi connectivity index (χ0) is 35.8. The minimum Gasteiger partial charge on any atom is -0.497 e. The number of nitrogens with one attached hydrogen (secondary N) is 1. The number of hydrogen-bond acceptors (Lipinski definition) is 8. The fourth-order valence-electron chi connectivity index (χ4n) is 5.81. The summed E-state index contributed by atoms with van der Waals surface area (Å²) in [6.45, 7) is 9.53. The van der Waals surface area contributed by atoms with Crippen molar-refractivity contribution in [3.05, 3.63) is 88.0 Å². The number of benzene rings is 3. The van der Waals surface area contributed by atoms with Gasteiger partial charge in [-0.1, -0.05) is 45.9 Å². The third-order valence-corrected chi connectivity index (χ3v) is 12.2. The molecule has 10 nitrogen and oxygen atoms in total. The maximum atomic E-state index is 13.9. The molecule has 0 fully saturated rings. The van der Waals surface area contributed by atoms with Crippen LogP contribution in [0, 0.1) is 11.8 Å². The molecule has 0 saturated carbocycles. The third-order valence-electron chi connectivity index (χ3n) is 8.57. The Labute approximate surface area is 293 Å². The van der Waals surface area contributed by atoms with Crippen LogP contribution >= 0.6 is 0 Å². The van der Waals surface area contributed by atoms with Gasteiger partial charge < -0.3 is 19.5 Å². The Balaban J connectivity index is 1.86. The van der Waals surface area contributed by atoms with Crippen LogP contribution < -0.4 is 19.5 Å². The fraction of sp³-hybridized carbons (Fsp3) is 0.514. The molecule has 0 aromatic heterocycles. The highest BCUT2D eigenvalue weighted by atomic mass is 32.2. The summed E-state index contributed by atoms with van der Waals surface area (Å²) in [4.78, 5) is 0. The molecule has 3 aromatic carbocycles. The predicted octanol–water partition coefficient (Wildman–Crippen LogP) is 6.07. The van der Waals surface area contributed by atoms with E-state index in [9.17, 15) is 16.8 Å². The zero-order valence-corrected chi connectivity index (χ0v) is 31.6. The molecule has 270 valence electrons. The molecule has 0 amide bonds. The Morgan fingerprint density at radius 3 is 1.10 bits per heavy atom. The molecule has 4 rings (SSSR count). The fourth-order valence-corrected chi connectivity index (χ4v) is 9.24. The van der Waals surface area contributed by atoms with Crippen LogP contribution in [0.4, 0.5) is 0 Å². The maximum absolute atomic E-state index is 13.9. The first-order valence-corrected chi connectivity index (χ1v) is 20.1. The van der Waals surface area contributed by atoms with Crippen molar-refractivity contribution in [2.45, 2.75) is 79.8 Å². The summed E-state index contributed by atoms with van der Waals surface area (Å²) in [6, 6.07) is 17.2. The number of hydrogen-bond donors (Lipinski definition) is 1. The number of methoxy groups -OCH3 is 3. The lowest BCUT2D eigenvalue weighted by molar-refractivity contribution is 0.383. The molecule has 1 heterocycles. The molecule has 1 N–H and O–H groups in total. The van der Waals surface area contributed by atoms with Gasteiger partial charge in [-0.3, -0.25) is 0 Å². The molecule has 49 heavy (non-hydrogen) atoms. The molecule has 6 bridgehead atoms. The first kappa shape index (κ1) is 38.6. The Morgan fingerprint density at radius 2 is 0.816 bits per heavy atom. The van der Waals surface area contributed by atoms with Gasteiger partial charge in [0.15, 0.2) is 0 Å². The van der Waals surface area contributed by atoms with E-state index in [1.807, 2.05) is 82.3 Å². The quantitative estimate of drug-likeness (QED) is 0.255. The second-order valence-electron chi connectivity index (χ2n) is 13.7. The van der Waals surface area contributed by atoms with E-state index in [2.05, 4.69) is 5.32 Å². The zero-order valence-electron chi connectivity index (χ0n) is 30.0. The van der Waals surface area contributed by atoms with Crippen molar-refractivity contribution in [2.24, 2.45) is 11.8 Å². The highest BCUT2D eigenvalue weighted by Gasteiger charge is 2.27. The molecule has 1 aliphatic heterocycles. The summed E-state index contributed by atoms with van der Waals surface area (Å²) in [5, 5.41) is 3.49. The van der Waals surface area contributed by atoms with Gasteiger partial charge in [-0.05, 0) is 94.5 Å². The molecular formula is C37H53N3O7S2. The van der Waals surface area contributed by atoms with Crippen LogP contribution in [0.5, 0.6) is 17.2 Å². The lowest BCUT2D eigenvalue weighted by atomic mass is 10.1. The van der Waals surface area contributed by atoms with Crippen molar-refractivity contribution in [1.82, 2.24) is 13.9 Å². The van der Waals surface area contributed by atoms with Gasteiger partial charge in [0.1, 0.15) is 17.2 Å². The number of ether oxygens (including phenoxy) is 3. The summed E-state index contributed by atoms with van der Waals surface area (Å²) in [5.74, 6) is 2.29. The summed E-state index contributed by atoms with van der Waals surface area (Å²) in [7, 11) is -2.59. The van der Waals surface area contributed by atoms with Gasteiger partial charge in [-0.25, -0.2) is 16.8 Å². The van der Waals surface area contributed by atoms with E-state index in [0.29, 0.717) is 54.3 Å². The molecule has 0 spiro atoms. The topological polar surface area (TPSA) is 114 Å². The van der Waals surface area contributed by atoms with Crippen LogP contribution in [0.2, 0.25) is 0 Å². The summed E-state index contributed by atoms with van der Waals surface area (Å²) >= 11 is 0. The first-order valence-electron chi connectivity index (χ1n) is 16.9. The van der Waals surface area contributed by atoms with E-state index in [1.54, 1.807) is 21.3 Å². The Hall–Kier alpha value is -3.16. The maximum Gasteiger partial charge on any atom is 0.214 e. The Kier molecular flexibility index (Phi) is 13.5. The minimum absolute atomic E-state index is 0.0168. The smallest absolute Gasteiger partial charge is 0.214 e. The molecular weight excluding hydrogens is 663 g/mol. The molecule has 0 atom stereocenters. The van der Waals surface area contributed by atoms with Gasteiger partial charge in [0.05, 0.1) is 32.8 Å². The first-order chi connectivity index (χ1) is 23.2. The summed E-state index contributed by atoms with van der Waals surface area (Å²) in [5.41, 5.74) is 4.92.